The Morgan fingerprint density at radius 2 is 1.73 bits per heavy atom. The summed E-state index contributed by atoms with van der Waals surface area (Å²) in [6.07, 6.45) is 0. The van der Waals surface area contributed by atoms with Gasteiger partial charge >= 0.3 is 0 Å². The van der Waals surface area contributed by atoms with Crippen molar-refractivity contribution in [2.24, 2.45) is 0 Å². The van der Waals surface area contributed by atoms with Gasteiger partial charge in [-0.1, -0.05) is 36.4 Å². The van der Waals surface area contributed by atoms with E-state index in [4.69, 9.17) is 0 Å². The number of halogens is 1. The summed E-state index contributed by atoms with van der Waals surface area (Å²) >= 11 is 4.23. The molecule has 0 aliphatic carbocycles. The first-order valence-corrected chi connectivity index (χ1v) is 6.83. The number of rotatable bonds is 3. The van der Waals surface area contributed by atoms with Gasteiger partial charge in [-0.25, -0.2) is 0 Å². The molecule has 2 rings (SSSR count). The predicted octanol–water partition coefficient (Wildman–Crippen LogP) is 4.58. The molecule has 0 saturated heterocycles. The molecule has 0 heterocycles. The summed E-state index contributed by atoms with van der Waals surface area (Å²) in [6, 6.07) is 19.2. The number of hydrogen-bond acceptors (Lipinski definition) is 1. The van der Waals surface area contributed by atoms with E-state index in [-0.39, 0.29) is 0 Å². The molecule has 0 atom stereocenters. The van der Waals surface area contributed by atoms with Crippen LogP contribution in [-0.4, -0.2) is 0 Å². The van der Waals surface area contributed by atoms with Crippen LogP contribution in [0.4, 0.5) is 0 Å². The van der Waals surface area contributed by atoms with E-state index in [0.29, 0.717) is 0 Å². The zero-order chi connectivity index (χ0) is 10.5. The molecule has 0 saturated carbocycles. The summed E-state index contributed by atoms with van der Waals surface area (Å²) < 4.78 is 1.30. The van der Waals surface area contributed by atoms with Crippen molar-refractivity contribution < 1.29 is 0 Å². The van der Waals surface area contributed by atoms with E-state index in [1.54, 1.807) is 0 Å². The Labute approximate surface area is 108 Å². The molecule has 76 valence electrons. The summed E-state index contributed by atoms with van der Waals surface area (Å²) in [4.78, 5) is 1.34. The Morgan fingerprint density at radius 3 is 2.47 bits per heavy atom. The summed E-state index contributed by atoms with van der Waals surface area (Å²) in [5.74, 6) is 1.04. The van der Waals surface area contributed by atoms with Crippen LogP contribution in [0.25, 0.3) is 0 Å². The van der Waals surface area contributed by atoms with Gasteiger partial charge in [0.15, 0.2) is 0 Å². The van der Waals surface area contributed by atoms with Gasteiger partial charge < -0.3 is 0 Å². The maximum Gasteiger partial charge on any atom is 0.0231 e. The summed E-state index contributed by atoms with van der Waals surface area (Å²) in [6.45, 7) is 0. The molecule has 0 radical (unpaired) electrons. The summed E-state index contributed by atoms with van der Waals surface area (Å²) in [5, 5.41) is 0. The monoisotopic (exact) mass is 326 g/mol. The highest BCUT2D eigenvalue weighted by Crippen LogP contribution is 2.23. The normalized spacial score (nSPS) is 10.2. The summed E-state index contributed by atoms with van der Waals surface area (Å²) in [5.41, 5.74) is 1.38. The molecule has 15 heavy (non-hydrogen) atoms. The minimum absolute atomic E-state index is 1.04. The van der Waals surface area contributed by atoms with Gasteiger partial charge in [0.05, 0.1) is 0 Å². The van der Waals surface area contributed by atoms with Crippen LogP contribution in [0, 0.1) is 3.57 Å². The van der Waals surface area contributed by atoms with Crippen molar-refractivity contribution in [3.63, 3.8) is 0 Å². The first-order chi connectivity index (χ1) is 7.34. The van der Waals surface area contributed by atoms with Gasteiger partial charge in [-0.05, 0) is 46.4 Å². The number of benzene rings is 2. The van der Waals surface area contributed by atoms with E-state index in [0.717, 1.165) is 5.75 Å². The van der Waals surface area contributed by atoms with E-state index in [1.807, 2.05) is 11.8 Å². The lowest BCUT2D eigenvalue weighted by Crippen LogP contribution is -1.79. The molecule has 2 aromatic carbocycles. The topological polar surface area (TPSA) is 0 Å². The third-order valence-electron chi connectivity index (χ3n) is 2.04. The van der Waals surface area contributed by atoms with Crippen LogP contribution in [0.3, 0.4) is 0 Å². The van der Waals surface area contributed by atoms with Crippen molar-refractivity contribution >= 4 is 34.4 Å². The van der Waals surface area contributed by atoms with Crippen LogP contribution in [0.2, 0.25) is 0 Å². The van der Waals surface area contributed by atoms with Crippen LogP contribution in [0.1, 0.15) is 5.56 Å². The van der Waals surface area contributed by atoms with Gasteiger partial charge in [-0.2, -0.15) is 0 Å². The molecule has 0 N–H and O–H groups in total. The first kappa shape index (κ1) is 11.0. The van der Waals surface area contributed by atoms with Crippen molar-refractivity contribution in [1.29, 1.82) is 0 Å². The SMILES string of the molecule is Ic1cccc(SCc2ccccc2)c1. The van der Waals surface area contributed by atoms with Crippen LogP contribution in [-0.2, 0) is 5.75 Å². The molecule has 0 nitrogen and oxygen atoms in total. The minimum atomic E-state index is 1.04. The molecule has 0 spiro atoms. The molecule has 0 aliphatic rings. The van der Waals surface area contributed by atoms with Crippen LogP contribution in [0.15, 0.2) is 59.5 Å². The highest BCUT2D eigenvalue weighted by molar-refractivity contribution is 14.1. The van der Waals surface area contributed by atoms with Gasteiger partial charge in [0.1, 0.15) is 0 Å². The number of hydrogen-bond donors (Lipinski definition) is 0. The first-order valence-electron chi connectivity index (χ1n) is 4.77. The molecule has 2 heteroatoms. The fourth-order valence-corrected chi connectivity index (χ4v) is 2.96. The van der Waals surface area contributed by atoms with Crippen molar-refractivity contribution in [2.45, 2.75) is 10.6 Å². The van der Waals surface area contributed by atoms with E-state index in [2.05, 4.69) is 77.2 Å². The second-order valence-corrected chi connectivity index (χ2v) is 5.53. The molecular weight excluding hydrogens is 315 g/mol. The molecule has 0 bridgehead atoms. The van der Waals surface area contributed by atoms with Gasteiger partial charge in [0, 0.05) is 14.2 Å². The van der Waals surface area contributed by atoms with Crippen LogP contribution >= 0.6 is 34.4 Å². The smallest absolute Gasteiger partial charge is 0.0231 e. The van der Waals surface area contributed by atoms with Crippen LogP contribution in [0.5, 0.6) is 0 Å². The van der Waals surface area contributed by atoms with E-state index >= 15 is 0 Å². The zero-order valence-electron chi connectivity index (χ0n) is 8.19. The molecular formula is C13H11IS. The van der Waals surface area contributed by atoms with Crippen molar-refractivity contribution in [3.8, 4) is 0 Å². The maximum atomic E-state index is 2.35. The Morgan fingerprint density at radius 1 is 0.933 bits per heavy atom. The van der Waals surface area contributed by atoms with Gasteiger partial charge in [0.25, 0.3) is 0 Å². The summed E-state index contributed by atoms with van der Waals surface area (Å²) in [7, 11) is 0. The molecule has 0 fully saturated rings. The average molecular weight is 326 g/mol. The maximum absolute atomic E-state index is 2.35. The van der Waals surface area contributed by atoms with Crippen molar-refractivity contribution in [1.82, 2.24) is 0 Å². The standard InChI is InChI=1S/C13H11IS/c14-12-7-4-8-13(9-12)15-10-11-5-2-1-3-6-11/h1-9H,10H2. The molecule has 2 aromatic rings. The lowest BCUT2D eigenvalue weighted by atomic mass is 10.2. The zero-order valence-corrected chi connectivity index (χ0v) is 11.2. The van der Waals surface area contributed by atoms with Gasteiger partial charge in [-0.15, -0.1) is 11.8 Å². The molecule has 0 aliphatic heterocycles. The Balaban J connectivity index is 1.99. The minimum Gasteiger partial charge on any atom is -0.121 e. The predicted molar refractivity (Wildman–Crippen MR) is 75.2 cm³/mol. The van der Waals surface area contributed by atoms with Crippen molar-refractivity contribution in [2.75, 3.05) is 0 Å². The Hall–Kier alpha value is -0.480. The highest BCUT2D eigenvalue weighted by Gasteiger charge is 1.96. The molecule has 0 aromatic heterocycles. The fourth-order valence-electron chi connectivity index (χ4n) is 1.30. The largest absolute Gasteiger partial charge is 0.121 e. The third kappa shape index (κ3) is 3.54. The highest BCUT2D eigenvalue weighted by atomic mass is 127. The number of thioether (sulfide) groups is 1. The van der Waals surface area contributed by atoms with E-state index < -0.39 is 0 Å². The van der Waals surface area contributed by atoms with E-state index in [1.165, 1.54) is 14.0 Å². The quantitative estimate of drug-likeness (QED) is 0.587. The Kier molecular flexibility index (Phi) is 4.09. The fraction of sp³-hybridized carbons (Fsp3) is 0.0769. The average Bonchev–Trinajstić information content (AvgIpc) is 2.28. The lowest BCUT2D eigenvalue weighted by molar-refractivity contribution is 1.37. The van der Waals surface area contributed by atoms with Crippen LogP contribution < -0.4 is 0 Å². The third-order valence-corrected chi connectivity index (χ3v) is 3.78. The molecule has 0 unspecified atom stereocenters. The van der Waals surface area contributed by atoms with Crippen molar-refractivity contribution in [3.05, 3.63) is 63.7 Å². The second-order valence-electron chi connectivity index (χ2n) is 3.23. The van der Waals surface area contributed by atoms with Gasteiger partial charge in [-0.3, -0.25) is 0 Å². The van der Waals surface area contributed by atoms with E-state index in [9.17, 15) is 0 Å². The Bertz CT molecular complexity index is 426. The molecule has 0 amide bonds. The lowest BCUT2D eigenvalue weighted by Gasteiger charge is -2.02. The van der Waals surface area contributed by atoms with Gasteiger partial charge in [0.2, 0.25) is 0 Å². The second kappa shape index (κ2) is 5.56.